The van der Waals surface area contributed by atoms with Gasteiger partial charge in [0.1, 0.15) is 36.3 Å². The van der Waals surface area contributed by atoms with E-state index in [-0.39, 0.29) is 43.3 Å². The minimum absolute atomic E-state index is 0.00799. The van der Waals surface area contributed by atoms with Gasteiger partial charge in [-0.3, -0.25) is 0 Å². The Balaban J connectivity index is 1.67. The molecule has 13 nitrogen and oxygen atoms in total. The van der Waals surface area contributed by atoms with Gasteiger partial charge < -0.3 is 33.5 Å². The van der Waals surface area contributed by atoms with Crippen molar-refractivity contribution >= 4 is 45.4 Å². The normalized spacial score (nSPS) is 18.6. The van der Waals surface area contributed by atoms with Crippen molar-refractivity contribution in [1.82, 2.24) is 24.5 Å². The maximum absolute atomic E-state index is 13.5. The quantitative estimate of drug-likeness (QED) is 0.0427. The molecule has 308 valence electrons. The molecule has 1 amide bonds. The molecule has 3 atom stereocenters. The molecule has 0 radical (unpaired) electrons. The molecule has 5 heterocycles. The van der Waals surface area contributed by atoms with Crippen molar-refractivity contribution in [1.29, 1.82) is 0 Å². The average Bonchev–Trinajstić information content (AvgIpc) is 3.66. The zero-order valence-electron chi connectivity index (χ0n) is 35.6. The van der Waals surface area contributed by atoms with Crippen LogP contribution < -0.4 is 4.90 Å². The van der Waals surface area contributed by atoms with Crippen LogP contribution in [0.3, 0.4) is 0 Å². The third-order valence-corrected chi connectivity index (χ3v) is 13.6. The van der Waals surface area contributed by atoms with Crippen molar-refractivity contribution in [3.8, 4) is 11.1 Å². The van der Waals surface area contributed by atoms with E-state index in [9.17, 15) is 9.59 Å². The van der Waals surface area contributed by atoms with E-state index in [0.29, 0.717) is 44.1 Å². The molecule has 0 saturated carbocycles. The highest BCUT2D eigenvalue weighted by Gasteiger charge is 2.46. The van der Waals surface area contributed by atoms with E-state index in [4.69, 9.17) is 33.8 Å². The summed E-state index contributed by atoms with van der Waals surface area (Å²) in [5.74, 6) is 0.678. The number of piperidine rings is 1. The number of nitrogens with zero attached hydrogens (tertiary/aromatic N) is 6. The van der Waals surface area contributed by atoms with E-state index < -0.39 is 27.7 Å². The first-order chi connectivity index (χ1) is 26.3. The number of rotatable bonds is 17. The fourth-order valence-corrected chi connectivity index (χ4v) is 8.87. The van der Waals surface area contributed by atoms with Gasteiger partial charge in [0.15, 0.2) is 5.65 Å². The summed E-state index contributed by atoms with van der Waals surface area (Å²) in [6.07, 6.45) is 6.39. The van der Waals surface area contributed by atoms with Gasteiger partial charge in [-0.15, -0.1) is 0 Å². The number of pyridine rings is 1. The smallest absolute Gasteiger partial charge is 0.410 e. The van der Waals surface area contributed by atoms with Gasteiger partial charge in [0.05, 0.1) is 31.2 Å². The van der Waals surface area contributed by atoms with Crippen molar-refractivity contribution in [2.24, 2.45) is 0 Å². The van der Waals surface area contributed by atoms with Crippen LogP contribution in [-0.2, 0) is 23.7 Å². The maximum Gasteiger partial charge on any atom is 0.410 e. The molecule has 0 N–H and O–H groups in total. The zero-order valence-corrected chi connectivity index (χ0v) is 37.6. The first-order valence-electron chi connectivity index (χ1n) is 20.0. The number of carbonyl (C=O) groups is 2. The number of hydrogen-bond acceptors (Lipinski definition) is 11. The first kappa shape index (κ1) is 43.3. The number of methoxy groups -OCH3 is 1. The van der Waals surface area contributed by atoms with E-state index in [1.165, 1.54) is 7.11 Å². The maximum atomic E-state index is 13.5. The fraction of sp³-hybridized carbons (Fsp3) is 0.634. The van der Waals surface area contributed by atoms with Crippen molar-refractivity contribution in [3.63, 3.8) is 0 Å². The number of amides is 1. The molecule has 0 aromatic carbocycles. The van der Waals surface area contributed by atoms with E-state index in [2.05, 4.69) is 55.7 Å². The van der Waals surface area contributed by atoms with Crippen LogP contribution in [0.25, 0.3) is 22.5 Å². The molecule has 3 aromatic rings. The number of anilines is 1. The van der Waals surface area contributed by atoms with Gasteiger partial charge in [0.2, 0.25) is 0 Å². The van der Waals surface area contributed by atoms with E-state index in [1.807, 2.05) is 43.2 Å². The first-order valence-corrected chi connectivity index (χ1v) is 27.4. The van der Waals surface area contributed by atoms with Crippen molar-refractivity contribution in [2.75, 3.05) is 45.3 Å². The molecule has 0 aliphatic carbocycles. The van der Waals surface area contributed by atoms with Gasteiger partial charge in [-0.1, -0.05) is 51.9 Å². The molecule has 2 bridgehead atoms. The monoisotopic (exact) mass is 808 g/mol. The van der Waals surface area contributed by atoms with Gasteiger partial charge in [-0.25, -0.2) is 19.6 Å². The lowest BCUT2D eigenvalue weighted by Crippen LogP contribution is -2.48. The summed E-state index contributed by atoms with van der Waals surface area (Å²) in [5, 5.41) is 4.96. The Morgan fingerprint density at radius 3 is 2.05 bits per heavy atom. The van der Waals surface area contributed by atoms with Crippen LogP contribution in [-0.4, -0.2) is 111 Å². The molecular formula is C41H64N6O7Si2. The molecule has 56 heavy (non-hydrogen) atoms. The number of fused-ring (bicyclic) bond motifs is 3. The molecule has 0 unspecified atom stereocenters. The summed E-state index contributed by atoms with van der Waals surface area (Å²) in [4.78, 5) is 39.6. The number of ether oxygens (including phenoxy) is 5. The lowest BCUT2D eigenvalue weighted by Gasteiger charge is -2.40. The minimum Gasteiger partial charge on any atom is -0.494 e. The molecular weight excluding hydrogens is 745 g/mol. The summed E-state index contributed by atoms with van der Waals surface area (Å²) in [7, 11) is -1.39. The van der Waals surface area contributed by atoms with Crippen LogP contribution in [0.5, 0.6) is 0 Å². The molecule has 0 spiro atoms. The Morgan fingerprint density at radius 1 is 0.946 bits per heavy atom. The predicted octanol–water partition coefficient (Wildman–Crippen LogP) is 8.66. The van der Waals surface area contributed by atoms with Crippen molar-refractivity contribution < 1.29 is 33.3 Å². The second-order valence-electron chi connectivity index (χ2n) is 18.4. The highest BCUT2D eigenvalue weighted by Crippen LogP contribution is 2.47. The van der Waals surface area contributed by atoms with Crippen LogP contribution >= 0.6 is 0 Å². The third-order valence-electron chi connectivity index (χ3n) is 10.2. The summed E-state index contributed by atoms with van der Waals surface area (Å²) in [6.45, 7) is 28.4. The van der Waals surface area contributed by atoms with E-state index >= 15 is 0 Å². The molecule has 15 heteroatoms. The average molecular weight is 809 g/mol. The molecule has 5 rings (SSSR count). The Bertz CT molecular complexity index is 1810. The lowest BCUT2D eigenvalue weighted by atomic mass is 9.85. The van der Waals surface area contributed by atoms with Gasteiger partial charge in [0.25, 0.3) is 0 Å². The summed E-state index contributed by atoms with van der Waals surface area (Å²) < 4.78 is 31.8. The second-order valence-corrected chi connectivity index (χ2v) is 29.7. The van der Waals surface area contributed by atoms with Crippen LogP contribution in [0, 0.1) is 0 Å². The van der Waals surface area contributed by atoms with Crippen LogP contribution in [0.2, 0.25) is 51.4 Å². The predicted molar refractivity (Wildman–Crippen MR) is 225 cm³/mol. The topological polar surface area (TPSA) is 130 Å². The molecule has 2 aliphatic heterocycles. The molecule has 2 fully saturated rings. The summed E-state index contributed by atoms with van der Waals surface area (Å²) in [5.41, 5.74) is 3.33. The van der Waals surface area contributed by atoms with Gasteiger partial charge >= 0.3 is 12.1 Å². The largest absolute Gasteiger partial charge is 0.494 e. The van der Waals surface area contributed by atoms with Crippen LogP contribution in [0.1, 0.15) is 81.0 Å². The highest BCUT2D eigenvalue weighted by molar-refractivity contribution is 6.76. The standard InChI is InChI=1S/C41H64N6O7Si2/c1-13-53-28(2)35-36(30-22-31-15-16-32(23-30)46(31)40(49)54-41(3,4)5)44-37-33(29-14-17-34(42-24-29)39(48)50-6)25-43-47(37)38(35)45(26-51-18-20-55(7,8)9)27-52-19-21-56(10,11)12/h14,17,24-25,30-32H,2,13,15-16,18-23,26-27H2,1,3-12H3/t30-,31-,32+. The zero-order chi connectivity index (χ0) is 41.0. The lowest BCUT2D eigenvalue weighted by molar-refractivity contribution is 0.00564. The molecule has 2 saturated heterocycles. The molecule has 3 aromatic heterocycles. The van der Waals surface area contributed by atoms with Gasteiger partial charge in [-0.05, 0) is 71.5 Å². The number of carbonyl (C=O) groups excluding carboxylic acids is 2. The van der Waals surface area contributed by atoms with Crippen LogP contribution in [0.4, 0.5) is 10.6 Å². The Kier molecular flexibility index (Phi) is 13.8. The minimum atomic E-state index is -1.36. The Hall–Kier alpha value is -3.80. The number of hydrogen-bond donors (Lipinski definition) is 0. The van der Waals surface area contributed by atoms with Crippen molar-refractivity contribution in [2.45, 2.75) is 128 Å². The molecule has 2 aliphatic rings. The number of esters is 1. The Morgan fingerprint density at radius 2 is 1.55 bits per heavy atom. The SMILES string of the molecule is C=C(OCC)c1c([C@@H]2C[C@H]3CC[C@@H](C2)N3C(=O)OC(C)(C)C)nc2c(-c3ccc(C(=O)OC)nc3)cnn2c1N(COCC[Si](C)(C)C)COCC[Si](C)(C)C. The van der Waals surface area contributed by atoms with Gasteiger partial charge in [-0.2, -0.15) is 9.61 Å². The summed E-state index contributed by atoms with van der Waals surface area (Å²) in [6, 6.07) is 5.54. The number of aromatic nitrogens is 4. The fourth-order valence-electron chi connectivity index (χ4n) is 7.36. The highest BCUT2D eigenvalue weighted by atomic mass is 28.3. The van der Waals surface area contributed by atoms with E-state index in [0.717, 1.165) is 53.1 Å². The van der Waals surface area contributed by atoms with E-state index in [1.54, 1.807) is 18.5 Å². The van der Waals surface area contributed by atoms with Crippen LogP contribution in [0.15, 0.2) is 31.1 Å². The van der Waals surface area contributed by atoms with Crippen molar-refractivity contribution in [3.05, 3.63) is 48.1 Å². The Labute approximate surface area is 335 Å². The second kappa shape index (κ2) is 17.8. The van der Waals surface area contributed by atoms with Gasteiger partial charge in [0, 0.05) is 64.7 Å². The summed E-state index contributed by atoms with van der Waals surface area (Å²) >= 11 is 0. The third kappa shape index (κ3) is 10.8.